The van der Waals surface area contributed by atoms with E-state index in [9.17, 15) is 8.78 Å². The van der Waals surface area contributed by atoms with Gasteiger partial charge in [-0.2, -0.15) is 0 Å². The second-order valence-corrected chi connectivity index (χ2v) is 6.69. The number of benzene rings is 1. The molecule has 120 valence electrons. The van der Waals surface area contributed by atoms with Crippen LogP contribution in [0.1, 0.15) is 43.0 Å². The number of hydrogen-bond acceptors (Lipinski definition) is 2. The van der Waals surface area contributed by atoms with Crippen LogP contribution < -0.4 is 0 Å². The summed E-state index contributed by atoms with van der Waals surface area (Å²) >= 11 is 0. The predicted molar refractivity (Wildman–Crippen MR) is 83.0 cm³/mol. The Morgan fingerprint density at radius 3 is 2.05 bits per heavy atom. The van der Waals surface area contributed by atoms with Gasteiger partial charge in [0.1, 0.15) is 0 Å². The third-order valence-corrected chi connectivity index (χ3v) is 3.76. The van der Waals surface area contributed by atoms with Crippen molar-refractivity contribution in [3.05, 3.63) is 34.4 Å². The van der Waals surface area contributed by atoms with Crippen LogP contribution in [0.4, 0.5) is 8.78 Å². The number of alkyl halides is 2. The van der Waals surface area contributed by atoms with E-state index in [1.165, 1.54) is 5.56 Å². The number of nitrogens with zero attached hydrogens (tertiary/aromatic N) is 1. The van der Waals surface area contributed by atoms with Crippen molar-refractivity contribution in [2.24, 2.45) is 0 Å². The maximum Gasteiger partial charge on any atom is 0.251 e. The molecule has 0 aliphatic rings. The summed E-state index contributed by atoms with van der Waals surface area (Å²) in [6.45, 7) is 10.8. The molecule has 0 radical (unpaired) electrons. The molecule has 0 aliphatic heterocycles. The molecule has 0 amide bonds. The van der Waals surface area contributed by atoms with Crippen molar-refractivity contribution in [3.63, 3.8) is 0 Å². The first kappa shape index (κ1) is 18.1. The van der Waals surface area contributed by atoms with Crippen molar-refractivity contribution in [1.29, 1.82) is 0 Å². The first-order valence-electron chi connectivity index (χ1n) is 7.37. The fraction of sp³-hybridized carbons (Fsp3) is 0.647. The van der Waals surface area contributed by atoms with Crippen LogP contribution in [0.3, 0.4) is 0 Å². The second-order valence-electron chi connectivity index (χ2n) is 6.69. The van der Waals surface area contributed by atoms with E-state index in [1.807, 2.05) is 13.8 Å². The lowest BCUT2D eigenvalue weighted by atomic mass is 9.84. The van der Waals surface area contributed by atoms with Crippen molar-refractivity contribution in [1.82, 2.24) is 4.90 Å². The highest BCUT2D eigenvalue weighted by atomic mass is 19.3. The summed E-state index contributed by atoms with van der Waals surface area (Å²) in [6, 6.07) is 4.28. The van der Waals surface area contributed by atoms with Crippen LogP contribution >= 0.6 is 0 Å². The third-order valence-electron chi connectivity index (χ3n) is 3.76. The van der Waals surface area contributed by atoms with Gasteiger partial charge in [0.25, 0.3) is 6.43 Å². The Labute approximate surface area is 126 Å². The molecule has 21 heavy (non-hydrogen) atoms. The quantitative estimate of drug-likeness (QED) is 0.866. The average Bonchev–Trinajstić information content (AvgIpc) is 2.31. The lowest BCUT2D eigenvalue weighted by Gasteiger charge is -2.26. The van der Waals surface area contributed by atoms with Crippen LogP contribution in [0, 0.1) is 13.8 Å². The van der Waals surface area contributed by atoms with Gasteiger partial charge in [-0.1, -0.05) is 32.9 Å². The molecule has 1 N–H and O–H groups in total. The molecule has 2 nitrogen and oxygen atoms in total. The normalized spacial score (nSPS) is 12.5. The molecule has 4 heteroatoms. The summed E-state index contributed by atoms with van der Waals surface area (Å²) in [6.07, 6.45) is -2.38. The Morgan fingerprint density at radius 1 is 1.14 bits per heavy atom. The Kier molecular flexibility index (Phi) is 6.29. The van der Waals surface area contributed by atoms with Crippen molar-refractivity contribution in [3.8, 4) is 0 Å². The van der Waals surface area contributed by atoms with Crippen LogP contribution in [-0.2, 0) is 12.0 Å². The molecule has 1 rings (SSSR count). The van der Waals surface area contributed by atoms with Gasteiger partial charge in [-0.05, 0) is 41.5 Å². The molecule has 0 fully saturated rings. The molecule has 0 unspecified atom stereocenters. The van der Waals surface area contributed by atoms with Crippen LogP contribution in [0.25, 0.3) is 0 Å². The van der Waals surface area contributed by atoms with Crippen LogP contribution in [0.15, 0.2) is 12.1 Å². The van der Waals surface area contributed by atoms with E-state index < -0.39 is 6.43 Å². The number of aliphatic hydroxyl groups excluding tert-OH is 1. The highest BCUT2D eigenvalue weighted by Gasteiger charge is 2.18. The molecular formula is C17H27F2NO. The van der Waals surface area contributed by atoms with E-state index in [0.717, 1.165) is 16.7 Å². The minimum atomic E-state index is -2.38. The predicted octanol–water partition coefficient (Wildman–Crippen LogP) is 3.66. The first-order valence-corrected chi connectivity index (χ1v) is 7.37. The smallest absolute Gasteiger partial charge is 0.251 e. The lowest BCUT2D eigenvalue weighted by molar-refractivity contribution is 0.0744. The standard InChI is InChI=1S/C17H27F2NO/c1-12-8-14(17(3,4)5)9-13(2)15(12)10-20(6-7-21)11-16(18)19/h8-9,16,21H,6-7,10-11H2,1-5H3. The molecule has 0 aliphatic carbocycles. The van der Waals surface area contributed by atoms with Gasteiger partial charge in [0.2, 0.25) is 0 Å². The minimum Gasteiger partial charge on any atom is -0.395 e. The number of aliphatic hydroxyl groups is 1. The summed E-state index contributed by atoms with van der Waals surface area (Å²) in [5, 5.41) is 9.03. The van der Waals surface area contributed by atoms with Gasteiger partial charge < -0.3 is 5.11 Å². The molecule has 0 saturated carbocycles. The van der Waals surface area contributed by atoms with Crippen molar-refractivity contribution in [2.75, 3.05) is 19.7 Å². The fourth-order valence-electron chi connectivity index (χ4n) is 2.47. The van der Waals surface area contributed by atoms with Gasteiger partial charge in [0.15, 0.2) is 0 Å². The second kappa shape index (κ2) is 7.32. The summed E-state index contributed by atoms with van der Waals surface area (Å²) in [5.74, 6) is 0. The number of aryl methyl sites for hydroxylation is 2. The van der Waals surface area contributed by atoms with Gasteiger partial charge in [-0.25, -0.2) is 8.78 Å². The molecule has 0 bridgehead atoms. The Bertz CT molecular complexity index is 443. The van der Waals surface area contributed by atoms with E-state index in [2.05, 4.69) is 32.9 Å². The molecule has 1 aromatic carbocycles. The van der Waals surface area contributed by atoms with E-state index >= 15 is 0 Å². The van der Waals surface area contributed by atoms with E-state index in [0.29, 0.717) is 6.54 Å². The summed E-state index contributed by atoms with van der Waals surface area (Å²) < 4.78 is 25.2. The zero-order valence-electron chi connectivity index (χ0n) is 13.7. The van der Waals surface area contributed by atoms with Gasteiger partial charge >= 0.3 is 0 Å². The topological polar surface area (TPSA) is 23.5 Å². The highest BCUT2D eigenvalue weighted by molar-refractivity contribution is 5.40. The summed E-state index contributed by atoms with van der Waals surface area (Å²) in [5.41, 5.74) is 4.65. The summed E-state index contributed by atoms with van der Waals surface area (Å²) in [4.78, 5) is 1.61. The largest absolute Gasteiger partial charge is 0.395 e. The first-order chi connectivity index (χ1) is 9.65. The Morgan fingerprint density at radius 2 is 1.67 bits per heavy atom. The molecule has 0 aromatic heterocycles. The minimum absolute atomic E-state index is 0.0712. The van der Waals surface area contributed by atoms with Crippen molar-refractivity contribution in [2.45, 2.75) is 53.0 Å². The van der Waals surface area contributed by atoms with Crippen LogP contribution in [0.2, 0.25) is 0 Å². The molecule has 1 aromatic rings. The fourth-order valence-corrected chi connectivity index (χ4v) is 2.47. The number of halogens is 2. The van der Waals surface area contributed by atoms with Gasteiger partial charge in [0.05, 0.1) is 13.2 Å². The Balaban J connectivity index is 3.02. The summed E-state index contributed by atoms with van der Waals surface area (Å²) in [7, 11) is 0. The van der Waals surface area contributed by atoms with Crippen LogP contribution in [0.5, 0.6) is 0 Å². The monoisotopic (exact) mass is 299 g/mol. The average molecular weight is 299 g/mol. The van der Waals surface area contributed by atoms with E-state index in [-0.39, 0.29) is 25.1 Å². The molecule has 0 spiro atoms. The maximum absolute atomic E-state index is 12.6. The van der Waals surface area contributed by atoms with Gasteiger partial charge in [0, 0.05) is 13.1 Å². The van der Waals surface area contributed by atoms with E-state index in [4.69, 9.17) is 5.11 Å². The van der Waals surface area contributed by atoms with Crippen LogP contribution in [-0.4, -0.2) is 36.1 Å². The zero-order valence-corrected chi connectivity index (χ0v) is 13.7. The number of rotatable bonds is 6. The SMILES string of the molecule is Cc1cc(C(C)(C)C)cc(C)c1CN(CCO)CC(F)F. The molecular weight excluding hydrogens is 272 g/mol. The third kappa shape index (κ3) is 5.36. The van der Waals surface area contributed by atoms with Gasteiger partial charge in [-0.15, -0.1) is 0 Å². The van der Waals surface area contributed by atoms with Crippen molar-refractivity contribution < 1.29 is 13.9 Å². The Hall–Kier alpha value is -1.00. The highest BCUT2D eigenvalue weighted by Crippen LogP contribution is 2.27. The molecule has 0 atom stereocenters. The molecule has 0 heterocycles. The zero-order chi connectivity index (χ0) is 16.2. The van der Waals surface area contributed by atoms with E-state index in [1.54, 1.807) is 4.90 Å². The molecule has 0 saturated heterocycles. The number of hydrogen-bond donors (Lipinski definition) is 1. The maximum atomic E-state index is 12.6. The van der Waals surface area contributed by atoms with Gasteiger partial charge in [-0.3, -0.25) is 4.90 Å². The van der Waals surface area contributed by atoms with Crippen molar-refractivity contribution >= 4 is 0 Å². The lowest BCUT2D eigenvalue weighted by Crippen LogP contribution is -2.31.